The molecule has 29 heavy (non-hydrogen) atoms. The fraction of sp³-hybridized carbons (Fsp3) is 0.250. The number of fused-ring (bicyclic) bond motifs is 3. The quantitative estimate of drug-likeness (QED) is 0.533. The molecule has 1 aliphatic heterocycles. The van der Waals surface area contributed by atoms with Crippen molar-refractivity contribution in [1.82, 2.24) is 9.88 Å². The van der Waals surface area contributed by atoms with Crippen molar-refractivity contribution in [2.24, 2.45) is 5.92 Å². The molecule has 3 heterocycles. The van der Waals surface area contributed by atoms with Gasteiger partial charge >= 0.3 is 0 Å². The lowest BCUT2D eigenvalue weighted by molar-refractivity contribution is 0.0695. The van der Waals surface area contributed by atoms with Crippen molar-refractivity contribution in [2.45, 2.75) is 19.3 Å². The van der Waals surface area contributed by atoms with Gasteiger partial charge in [0.2, 0.25) is 0 Å². The van der Waals surface area contributed by atoms with Crippen molar-refractivity contribution in [3.63, 3.8) is 0 Å². The van der Waals surface area contributed by atoms with E-state index in [-0.39, 0.29) is 11.5 Å². The van der Waals surface area contributed by atoms with E-state index in [1.54, 1.807) is 6.07 Å². The van der Waals surface area contributed by atoms with Crippen LogP contribution < -0.4 is 5.56 Å². The number of carbonyl (C=O) groups excluding carboxylic acids is 1. The lowest BCUT2D eigenvalue weighted by atomic mass is 9.90. The highest BCUT2D eigenvalue weighted by atomic mass is 32.1. The van der Waals surface area contributed by atoms with Crippen LogP contribution in [-0.4, -0.2) is 28.9 Å². The highest BCUT2D eigenvalue weighted by molar-refractivity contribution is 7.21. The van der Waals surface area contributed by atoms with E-state index in [0.717, 1.165) is 48.0 Å². The van der Waals surface area contributed by atoms with Gasteiger partial charge in [-0.3, -0.25) is 9.59 Å². The van der Waals surface area contributed by atoms with Crippen LogP contribution in [0.25, 0.3) is 21.0 Å². The summed E-state index contributed by atoms with van der Waals surface area (Å²) in [6.07, 6.45) is 3.12. The molecule has 1 N–H and O–H groups in total. The molecule has 0 unspecified atom stereocenters. The Morgan fingerprint density at radius 2 is 1.72 bits per heavy atom. The number of nitrogens with zero attached hydrogens (tertiary/aromatic N) is 1. The molecule has 1 saturated heterocycles. The second kappa shape index (κ2) is 7.48. The Morgan fingerprint density at radius 1 is 1.00 bits per heavy atom. The van der Waals surface area contributed by atoms with Crippen LogP contribution in [0.1, 0.15) is 28.1 Å². The minimum atomic E-state index is -0.129. The number of benzene rings is 2. The predicted octanol–water partition coefficient (Wildman–Crippen LogP) is 4.84. The molecule has 0 atom stereocenters. The standard InChI is InChI=1S/C24H22N2O2S/c27-23-19-15-21(29-22(19)18-8-4-5-9-20(18)25-23)24(28)26-12-10-17(11-13-26)14-16-6-2-1-3-7-16/h1-9,15,17H,10-14H2,(H,25,27). The van der Waals surface area contributed by atoms with Crippen LogP contribution in [0.15, 0.2) is 65.5 Å². The zero-order valence-electron chi connectivity index (χ0n) is 16.1. The van der Waals surface area contributed by atoms with Gasteiger partial charge in [0.05, 0.1) is 10.3 Å². The van der Waals surface area contributed by atoms with Gasteiger partial charge in [0.15, 0.2) is 0 Å². The summed E-state index contributed by atoms with van der Waals surface area (Å²) in [4.78, 5) is 31.1. The van der Waals surface area contributed by atoms with Crippen molar-refractivity contribution >= 4 is 38.2 Å². The summed E-state index contributed by atoms with van der Waals surface area (Å²) < 4.78 is 0.895. The number of hydrogen-bond donors (Lipinski definition) is 1. The lowest BCUT2D eigenvalue weighted by Crippen LogP contribution is -2.38. The fourth-order valence-electron chi connectivity index (χ4n) is 4.29. The minimum Gasteiger partial charge on any atom is -0.338 e. The van der Waals surface area contributed by atoms with Gasteiger partial charge < -0.3 is 9.88 Å². The molecule has 0 aliphatic carbocycles. The van der Waals surface area contributed by atoms with Crippen molar-refractivity contribution in [3.8, 4) is 0 Å². The second-order valence-electron chi connectivity index (χ2n) is 7.78. The number of aromatic nitrogens is 1. The fourth-order valence-corrected chi connectivity index (χ4v) is 5.45. The number of rotatable bonds is 3. The van der Waals surface area contributed by atoms with E-state index >= 15 is 0 Å². The van der Waals surface area contributed by atoms with Crippen LogP contribution in [0.5, 0.6) is 0 Å². The third kappa shape index (κ3) is 3.47. The number of aromatic amines is 1. The van der Waals surface area contributed by atoms with E-state index in [1.165, 1.54) is 16.9 Å². The van der Waals surface area contributed by atoms with Crippen molar-refractivity contribution in [3.05, 3.63) is 81.5 Å². The summed E-state index contributed by atoms with van der Waals surface area (Å²) in [5, 5.41) is 1.60. The molecule has 1 amide bonds. The maximum absolute atomic E-state index is 13.1. The number of carbonyl (C=O) groups is 1. The first-order chi connectivity index (χ1) is 14.2. The number of piperidine rings is 1. The summed E-state index contributed by atoms with van der Waals surface area (Å²) in [7, 11) is 0. The van der Waals surface area contributed by atoms with Crippen LogP contribution in [0.3, 0.4) is 0 Å². The molecule has 4 aromatic rings. The highest BCUT2D eigenvalue weighted by Crippen LogP contribution is 2.31. The second-order valence-corrected chi connectivity index (χ2v) is 8.83. The van der Waals surface area contributed by atoms with Gasteiger partial charge in [-0.25, -0.2) is 0 Å². The summed E-state index contributed by atoms with van der Waals surface area (Å²) in [5.41, 5.74) is 2.05. The summed E-state index contributed by atoms with van der Waals surface area (Å²) in [6.45, 7) is 1.56. The molecule has 4 nitrogen and oxygen atoms in total. The zero-order valence-corrected chi connectivity index (χ0v) is 16.9. The average Bonchev–Trinajstić information content (AvgIpc) is 3.21. The molecule has 0 radical (unpaired) electrons. The third-order valence-corrected chi connectivity index (χ3v) is 7.03. The molecule has 0 spiro atoms. The number of likely N-dealkylation sites (tertiary alicyclic amines) is 1. The van der Waals surface area contributed by atoms with Crippen molar-refractivity contribution < 1.29 is 4.79 Å². The normalized spacial score (nSPS) is 15.2. The first-order valence-electron chi connectivity index (χ1n) is 10.1. The molecule has 0 saturated carbocycles. The average molecular weight is 403 g/mol. The number of thiophene rings is 1. The molecule has 2 aromatic heterocycles. The largest absolute Gasteiger partial charge is 0.338 e. The van der Waals surface area contributed by atoms with E-state index in [2.05, 4.69) is 29.2 Å². The number of pyridine rings is 1. The van der Waals surface area contributed by atoms with Crippen LogP contribution in [0.4, 0.5) is 0 Å². The Hall–Kier alpha value is -2.92. The van der Waals surface area contributed by atoms with Gasteiger partial charge in [-0.05, 0) is 42.9 Å². The van der Waals surface area contributed by atoms with Crippen LogP contribution in [-0.2, 0) is 6.42 Å². The van der Waals surface area contributed by atoms with Gasteiger partial charge in [0, 0.05) is 28.7 Å². The molecular formula is C24H22N2O2S. The molecule has 5 heteroatoms. The first kappa shape index (κ1) is 18.1. The van der Waals surface area contributed by atoms with E-state index in [0.29, 0.717) is 16.2 Å². The first-order valence-corrected chi connectivity index (χ1v) is 10.9. The van der Waals surface area contributed by atoms with Crippen LogP contribution in [0, 0.1) is 5.92 Å². The Kier molecular flexibility index (Phi) is 4.68. The van der Waals surface area contributed by atoms with E-state index < -0.39 is 0 Å². The van der Waals surface area contributed by atoms with E-state index in [9.17, 15) is 9.59 Å². The molecular weight excluding hydrogens is 380 g/mol. The maximum atomic E-state index is 13.1. The molecule has 0 bridgehead atoms. The van der Waals surface area contributed by atoms with E-state index in [4.69, 9.17) is 0 Å². The summed E-state index contributed by atoms with van der Waals surface area (Å²) in [5.74, 6) is 0.670. The predicted molar refractivity (Wildman–Crippen MR) is 119 cm³/mol. The van der Waals surface area contributed by atoms with Crippen LogP contribution >= 0.6 is 11.3 Å². The number of para-hydroxylation sites is 1. The number of hydrogen-bond acceptors (Lipinski definition) is 3. The van der Waals surface area contributed by atoms with Gasteiger partial charge in [-0.15, -0.1) is 11.3 Å². The Labute approximate surface area is 172 Å². The maximum Gasteiger partial charge on any atom is 0.263 e. The minimum absolute atomic E-state index is 0.0489. The van der Waals surface area contributed by atoms with E-state index in [1.807, 2.05) is 35.2 Å². The lowest BCUT2D eigenvalue weighted by Gasteiger charge is -2.31. The van der Waals surface area contributed by atoms with Crippen molar-refractivity contribution in [1.29, 1.82) is 0 Å². The Balaban J connectivity index is 1.35. The smallest absolute Gasteiger partial charge is 0.263 e. The number of H-pyrrole nitrogens is 1. The SMILES string of the molecule is O=C(c1cc2c(=O)[nH]c3ccccc3c2s1)N1CCC(Cc2ccccc2)CC1. The zero-order chi connectivity index (χ0) is 19.8. The number of amides is 1. The topological polar surface area (TPSA) is 53.2 Å². The molecule has 1 fully saturated rings. The summed E-state index contributed by atoms with van der Waals surface area (Å²) >= 11 is 1.43. The van der Waals surface area contributed by atoms with Crippen LogP contribution in [0.2, 0.25) is 0 Å². The molecule has 5 rings (SSSR count). The molecule has 2 aromatic carbocycles. The third-order valence-electron chi connectivity index (χ3n) is 5.88. The van der Waals surface area contributed by atoms with Gasteiger partial charge in [-0.1, -0.05) is 48.5 Å². The molecule has 1 aliphatic rings. The monoisotopic (exact) mass is 402 g/mol. The number of nitrogens with one attached hydrogen (secondary N) is 1. The van der Waals surface area contributed by atoms with Crippen molar-refractivity contribution in [2.75, 3.05) is 13.1 Å². The summed E-state index contributed by atoms with van der Waals surface area (Å²) in [6, 6.07) is 20.1. The molecule has 146 valence electrons. The van der Waals surface area contributed by atoms with Gasteiger partial charge in [0.1, 0.15) is 0 Å². The highest BCUT2D eigenvalue weighted by Gasteiger charge is 2.25. The Bertz CT molecular complexity index is 1230. The van der Waals surface area contributed by atoms with Gasteiger partial charge in [0.25, 0.3) is 11.5 Å². The van der Waals surface area contributed by atoms with Gasteiger partial charge in [-0.2, -0.15) is 0 Å². The Morgan fingerprint density at radius 3 is 2.52 bits per heavy atom.